The van der Waals surface area contributed by atoms with Crippen molar-refractivity contribution in [3.05, 3.63) is 27.7 Å². The summed E-state index contributed by atoms with van der Waals surface area (Å²) in [6.07, 6.45) is 2.10. The summed E-state index contributed by atoms with van der Waals surface area (Å²) in [6.45, 7) is 3.75. The Bertz CT molecular complexity index is 553. The van der Waals surface area contributed by atoms with Crippen molar-refractivity contribution in [2.45, 2.75) is 30.7 Å². The Balaban J connectivity index is 2.18. The maximum Gasteiger partial charge on any atom is 0.243 e. The van der Waals surface area contributed by atoms with Gasteiger partial charge in [0.25, 0.3) is 0 Å². The van der Waals surface area contributed by atoms with E-state index in [1.54, 1.807) is 18.2 Å². The van der Waals surface area contributed by atoms with Crippen LogP contribution < -0.4 is 10.0 Å². The van der Waals surface area contributed by atoms with Gasteiger partial charge in [0.05, 0.1) is 5.02 Å². The van der Waals surface area contributed by atoms with Gasteiger partial charge in [-0.2, -0.15) is 0 Å². The number of nitrogens with one attached hydrogen (secondary N) is 2. The summed E-state index contributed by atoms with van der Waals surface area (Å²) in [5.41, 5.74) is 0. The van der Waals surface area contributed by atoms with E-state index in [0.29, 0.717) is 10.4 Å². The fraction of sp³-hybridized carbons (Fsp3) is 0.538. The van der Waals surface area contributed by atoms with Gasteiger partial charge in [0, 0.05) is 10.5 Å². The molecule has 0 amide bonds. The van der Waals surface area contributed by atoms with Crippen molar-refractivity contribution in [1.82, 2.24) is 10.0 Å². The molecule has 7 heteroatoms. The Morgan fingerprint density at radius 3 is 2.85 bits per heavy atom. The number of hydrogen-bond acceptors (Lipinski definition) is 3. The molecule has 1 aliphatic heterocycles. The van der Waals surface area contributed by atoms with Gasteiger partial charge >= 0.3 is 0 Å². The van der Waals surface area contributed by atoms with Crippen LogP contribution in [-0.2, 0) is 10.0 Å². The molecule has 2 atom stereocenters. The predicted molar refractivity (Wildman–Crippen MR) is 84.5 cm³/mol. The van der Waals surface area contributed by atoms with E-state index in [1.807, 2.05) is 6.92 Å². The second-order valence-electron chi connectivity index (χ2n) is 5.07. The SMILES string of the molecule is CC(NS(=O)(=O)c1c(Cl)cccc1Br)C1CCCNC1. The molecule has 20 heavy (non-hydrogen) atoms. The zero-order valence-electron chi connectivity index (χ0n) is 11.2. The summed E-state index contributed by atoms with van der Waals surface area (Å²) >= 11 is 9.27. The molecule has 2 rings (SSSR count). The molecule has 0 aliphatic carbocycles. The number of rotatable bonds is 4. The van der Waals surface area contributed by atoms with Crippen LogP contribution in [0.15, 0.2) is 27.6 Å². The molecule has 2 N–H and O–H groups in total. The fourth-order valence-corrected chi connectivity index (χ4v) is 5.49. The summed E-state index contributed by atoms with van der Waals surface area (Å²) < 4.78 is 28.2. The lowest BCUT2D eigenvalue weighted by Gasteiger charge is -2.29. The first-order valence-electron chi connectivity index (χ1n) is 6.59. The second-order valence-corrected chi connectivity index (χ2v) is 7.98. The van der Waals surface area contributed by atoms with Crippen molar-refractivity contribution in [2.24, 2.45) is 5.92 Å². The molecule has 0 aromatic heterocycles. The molecule has 1 aromatic rings. The minimum absolute atomic E-state index is 0.109. The molecule has 1 saturated heterocycles. The van der Waals surface area contributed by atoms with E-state index in [0.717, 1.165) is 25.9 Å². The van der Waals surface area contributed by atoms with Gasteiger partial charge in [-0.25, -0.2) is 13.1 Å². The zero-order chi connectivity index (χ0) is 14.8. The monoisotopic (exact) mass is 380 g/mol. The number of sulfonamides is 1. The zero-order valence-corrected chi connectivity index (χ0v) is 14.4. The first-order chi connectivity index (χ1) is 9.42. The van der Waals surface area contributed by atoms with Gasteiger partial charge in [0.2, 0.25) is 10.0 Å². The van der Waals surface area contributed by atoms with Crippen LogP contribution in [0.2, 0.25) is 5.02 Å². The molecular weight excluding hydrogens is 364 g/mol. The van der Waals surface area contributed by atoms with Gasteiger partial charge in [-0.05, 0) is 66.8 Å². The highest BCUT2D eigenvalue weighted by atomic mass is 79.9. The van der Waals surface area contributed by atoms with Crippen molar-refractivity contribution in [3.8, 4) is 0 Å². The molecule has 1 aliphatic rings. The van der Waals surface area contributed by atoms with Crippen LogP contribution in [0.25, 0.3) is 0 Å². The molecule has 1 heterocycles. The average Bonchev–Trinajstić information content (AvgIpc) is 2.38. The molecule has 2 unspecified atom stereocenters. The van der Waals surface area contributed by atoms with Gasteiger partial charge in [-0.1, -0.05) is 17.7 Å². The lowest BCUT2D eigenvalue weighted by molar-refractivity contribution is 0.320. The van der Waals surface area contributed by atoms with Crippen molar-refractivity contribution >= 4 is 37.6 Å². The Hall–Kier alpha value is -0.140. The van der Waals surface area contributed by atoms with Crippen LogP contribution in [0.3, 0.4) is 0 Å². The van der Waals surface area contributed by atoms with Crippen molar-refractivity contribution < 1.29 is 8.42 Å². The fourth-order valence-electron chi connectivity index (χ4n) is 2.44. The van der Waals surface area contributed by atoms with Gasteiger partial charge in [-0.15, -0.1) is 0 Å². The number of benzene rings is 1. The first-order valence-corrected chi connectivity index (χ1v) is 9.24. The van der Waals surface area contributed by atoms with Crippen LogP contribution in [0.1, 0.15) is 19.8 Å². The largest absolute Gasteiger partial charge is 0.316 e. The summed E-state index contributed by atoms with van der Waals surface area (Å²) in [4.78, 5) is 0.109. The molecular formula is C13H18BrClN2O2S. The molecule has 0 bridgehead atoms. The van der Waals surface area contributed by atoms with E-state index in [9.17, 15) is 8.42 Å². The summed E-state index contributed by atoms with van der Waals surface area (Å²) in [5.74, 6) is 0.305. The Kier molecular flexibility index (Phi) is 5.48. The molecule has 1 aromatic carbocycles. The highest BCUT2D eigenvalue weighted by Crippen LogP contribution is 2.29. The predicted octanol–water partition coefficient (Wildman–Crippen LogP) is 2.77. The third-order valence-electron chi connectivity index (χ3n) is 3.57. The summed E-state index contributed by atoms with van der Waals surface area (Å²) in [5, 5.41) is 3.52. The van der Waals surface area contributed by atoms with Crippen LogP contribution >= 0.6 is 27.5 Å². The third-order valence-corrected chi connectivity index (χ3v) is 6.58. The van der Waals surface area contributed by atoms with E-state index in [-0.39, 0.29) is 16.0 Å². The Labute approximate surface area is 133 Å². The van der Waals surface area contributed by atoms with Crippen LogP contribution in [0.5, 0.6) is 0 Å². The van der Waals surface area contributed by atoms with Crippen LogP contribution in [0.4, 0.5) is 0 Å². The molecule has 4 nitrogen and oxygen atoms in total. The quantitative estimate of drug-likeness (QED) is 0.843. The number of piperidine rings is 1. The minimum Gasteiger partial charge on any atom is -0.316 e. The van der Waals surface area contributed by atoms with E-state index in [1.165, 1.54) is 0 Å². The minimum atomic E-state index is -3.63. The topological polar surface area (TPSA) is 58.2 Å². The molecule has 0 saturated carbocycles. The molecule has 0 radical (unpaired) electrons. The second kappa shape index (κ2) is 6.75. The standard InChI is InChI=1S/C13H18BrClN2O2S/c1-9(10-4-3-7-16-8-10)17-20(18,19)13-11(14)5-2-6-12(13)15/h2,5-6,9-10,16-17H,3-4,7-8H2,1H3. The van der Waals surface area contributed by atoms with Gasteiger partial charge in [-0.3, -0.25) is 0 Å². The molecule has 1 fully saturated rings. The van der Waals surface area contributed by atoms with E-state index < -0.39 is 10.0 Å². The molecule has 112 valence electrons. The van der Waals surface area contributed by atoms with E-state index >= 15 is 0 Å². The summed E-state index contributed by atoms with van der Waals surface area (Å²) in [6, 6.07) is 4.83. The Morgan fingerprint density at radius 1 is 1.50 bits per heavy atom. The molecule has 0 spiro atoms. The normalized spacial score (nSPS) is 21.6. The number of halogens is 2. The van der Waals surface area contributed by atoms with Crippen molar-refractivity contribution in [3.63, 3.8) is 0 Å². The Morgan fingerprint density at radius 2 is 2.25 bits per heavy atom. The van der Waals surface area contributed by atoms with Crippen LogP contribution in [0, 0.1) is 5.92 Å². The van der Waals surface area contributed by atoms with E-state index in [2.05, 4.69) is 26.0 Å². The van der Waals surface area contributed by atoms with Crippen molar-refractivity contribution in [2.75, 3.05) is 13.1 Å². The smallest absolute Gasteiger partial charge is 0.243 e. The lowest BCUT2D eigenvalue weighted by atomic mass is 9.94. The van der Waals surface area contributed by atoms with Crippen LogP contribution in [-0.4, -0.2) is 27.5 Å². The van der Waals surface area contributed by atoms with Crippen molar-refractivity contribution in [1.29, 1.82) is 0 Å². The number of hydrogen-bond donors (Lipinski definition) is 2. The highest BCUT2D eigenvalue weighted by molar-refractivity contribution is 9.10. The maximum absolute atomic E-state index is 12.5. The summed E-state index contributed by atoms with van der Waals surface area (Å²) in [7, 11) is -3.63. The van der Waals surface area contributed by atoms with Gasteiger partial charge in [0.15, 0.2) is 0 Å². The maximum atomic E-state index is 12.5. The van der Waals surface area contributed by atoms with E-state index in [4.69, 9.17) is 11.6 Å². The lowest BCUT2D eigenvalue weighted by Crippen LogP contribution is -2.44. The van der Waals surface area contributed by atoms with Gasteiger partial charge < -0.3 is 5.32 Å². The average molecular weight is 382 g/mol. The highest BCUT2D eigenvalue weighted by Gasteiger charge is 2.27. The third kappa shape index (κ3) is 3.74. The first kappa shape index (κ1) is 16.2. The van der Waals surface area contributed by atoms with Gasteiger partial charge in [0.1, 0.15) is 4.90 Å².